The maximum absolute atomic E-state index is 12.3. The molecule has 0 spiro atoms. The molecular weight excluding hydrogens is 380 g/mol. The van der Waals surface area contributed by atoms with E-state index in [2.05, 4.69) is 13.8 Å². The van der Waals surface area contributed by atoms with E-state index < -0.39 is 33.4 Å². The average molecular weight is 421 g/mol. The summed E-state index contributed by atoms with van der Waals surface area (Å²) >= 11 is 0. The van der Waals surface area contributed by atoms with Crippen LogP contribution in [0.1, 0.15) is 85.5 Å². The van der Waals surface area contributed by atoms with E-state index in [-0.39, 0.29) is 25.0 Å². The summed E-state index contributed by atoms with van der Waals surface area (Å²) < 4.78 is 34.6. The molecule has 0 N–H and O–H groups in total. The van der Waals surface area contributed by atoms with Crippen LogP contribution in [0.5, 0.6) is 0 Å². The highest BCUT2D eigenvalue weighted by Crippen LogP contribution is 2.17. The molecule has 3 atom stereocenters. The first-order valence-electron chi connectivity index (χ1n) is 10.7. The molecule has 0 amide bonds. The van der Waals surface area contributed by atoms with Gasteiger partial charge < -0.3 is 9.47 Å². The van der Waals surface area contributed by atoms with E-state index in [1.54, 1.807) is 0 Å². The first kappa shape index (κ1) is 26.9. The minimum Gasteiger partial charge on any atom is -0.465 e. The van der Waals surface area contributed by atoms with Crippen LogP contribution in [0.15, 0.2) is 0 Å². The SMILES string of the molecule is CCCCC(CC)COC(=O)CC(C(=O)OCC(CC)CCCC)S(C)(=O)=O. The maximum Gasteiger partial charge on any atom is 0.324 e. The van der Waals surface area contributed by atoms with Gasteiger partial charge in [0.05, 0.1) is 19.6 Å². The van der Waals surface area contributed by atoms with Crippen molar-refractivity contribution < 1.29 is 27.5 Å². The molecule has 0 rings (SSSR count). The van der Waals surface area contributed by atoms with Gasteiger partial charge >= 0.3 is 11.9 Å². The summed E-state index contributed by atoms with van der Waals surface area (Å²) in [7, 11) is -3.76. The lowest BCUT2D eigenvalue weighted by atomic mass is 10.0. The zero-order chi connectivity index (χ0) is 21.6. The number of esters is 2. The lowest BCUT2D eigenvalue weighted by Crippen LogP contribution is -2.35. The Bertz CT molecular complexity index is 543. The predicted octanol–water partition coefficient (Wildman–Crippen LogP) is 4.31. The number of hydrogen-bond donors (Lipinski definition) is 0. The summed E-state index contributed by atoms with van der Waals surface area (Å²) in [5.41, 5.74) is 0. The fourth-order valence-corrected chi connectivity index (χ4v) is 3.78. The summed E-state index contributed by atoms with van der Waals surface area (Å²) in [6, 6.07) is 0. The molecule has 0 saturated heterocycles. The molecule has 7 heteroatoms. The van der Waals surface area contributed by atoms with Crippen LogP contribution in [0.4, 0.5) is 0 Å². The van der Waals surface area contributed by atoms with Crippen LogP contribution in [0.25, 0.3) is 0 Å². The van der Waals surface area contributed by atoms with Gasteiger partial charge in [0.25, 0.3) is 0 Å². The molecule has 0 saturated carbocycles. The van der Waals surface area contributed by atoms with Crippen LogP contribution in [0, 0.1) is 11.8 Å². The van der Waals surface area contributed by atoms with Gasteiger partial charge in [-0.1, -0.05) is 66.2 Å². The van der Waals surface area contributed by atoms with Crippen molar-refractivity contribution in [1.82, 2.24) is 0 Å². The lowest BCUT2D eigenvalue weighted by molar-refractivity contribution is -0.151. The first-order valence-corrected chi connectivity index (χ1v) is 12.7. The molecule has 0 aromatic rings. The standard InChI is InChI=1S/C21H40O6S/c1-6-10-12-17(8-3)15-26-20(22)14-19(28(5,24)25)21(23)27-16-18(9-4)13-11-7-2/h17-19H,6-16H2,1-5H3. The third-order valence-electron chi connectivity index (χ3n) is 5.16. The van der Waals surface area contributed by atoms with E-state index in [0.29, 0.717) is 0 Å². The van der Waals surface area contributed by atoms with Crippen molar-refractivity contribution in [1.29, 1.82) is 0 Å². The monoisotopic (exact) mass is 420 g/mol. The average Bonchev–Trinajstić information content (AvgIpc) is 2.65. The molecule has 28 heavy (non-hydrogen) atoms. The first-order chi connectivity index (χ1) is 13.2. The van der Waals surface area contributed by atoms with Crippen molar-refractivity contribution >= 4 is 21.8 Å². The van der Waals surface area contributed by atoms with Gasteiger partial charge in [-0.15, -0.1) is 0 Å². The molecule has 3 unspecified atom stereocenters. The summed E-state index contributed by atoms with van der Waals surface area (Å²) in [6.07, 6.45) is 8.33. The van der Waals surface area contributed by atoms with Crippen molar-refractivity contribution in [2.24, 2.45) is 11.8 Å². The van der Waals surface area contributed by atoms with E-state index in [9.17, 15) is 18.0 Å². The van der Waals surface area contributed by atoms with Crippen LogP contribution in [0.2, 0.25) is 0 Å². The van der Waals surface area contributed by atoms with Gasteiger partial charge in [0, 0.05) is 6.26 Å². The van der Waals surface area contributed by atoms with Crippen LogP contribution >= 0.6 is 0 Å². The number of carbonyl (C=O) groups is 2. The van der Waals surface area contributed by atoms with E-state index in [1.165, 1.54) is 0 Å². The Labute approximate surface area is 171 Å². The Morgan fingerprint density at radius 2 is 1.29 bits per heavy atom. The molecule has 0 radical (unpaired) electrons. The van der Waals surface area contributed by atoms with Crippen molar-refractivity contribution in [2.45, 2.75) is 90.7 Å². The lowest BCUT2D eigenvalue weighted by Gasteiger charge is -2.19. The number of sulfone groups is 1. The minimum absolute atomic E-state index is 0.186. The van der Waals surface area contributed by atoms with Gasteiger partial charge in [-0.2, -0.15) is 0 Å². The summed E-state index contributed by atoms with van der Waals surface area (Å²) in [5, 5.41) is -1.50. The van der Waals surface area contributed by atoms with E-state index in [1.807, 2.05) is 13.8 Å². The van der Waals surface area contributed by atoms with Gasteiger partial charge in [-0.05, 0) is 24.7 Å². The fraction of sp³-hybridized carbons (Fsp3) is 0.905. The normalized spacial score (nSPS) is 14.9. The Morgan fingerprint density at radius 1 is 0.821 bits per heavy atom. The third-order valence-corrected chi connectivity index (χ3v) is 6.55. The van der Waals surface area contributed by atoms with Crippen molar-refractivity contribution in [2.75, 3.05) is 19.5 Å². The fourth-order valence-electron chi connectivity index (χ4n) is 2.92. The van der Waals surface area contributed by atoms with Crippen molar-refractivity contribution in [3.63, 3.8) is 0 Å². The van der Waals surface area contributed by atoms with Crippen molar-refractivity contribution in [3.8, 4) is 0 Å². The molecule has 0 aromatic heterocycles. The van der Waals surface area contributed by atoms with Gasteiger partial charge in [0.1, 0.15) is 0 Å². The quantitative estimate of drug-likeness (QED) is 0.346. The smallest absolute Gasteiger partial charge is 0.324 e. The molecule has 0 aliphatic rings. The topological polar surface area (TPSA) is 86.7 Å². The molecule has 0 heterocycles. The highest BCUT2D eigenvalue weighted by atomic mass is 32.2. The highest BCUT2D eigenvalue weighted by Gasteiger charge is 2.34. The number of unbranched alkanes of at least 4 members (excludes halogenated alkanes) is 2. The molecule has 0 bridgehead atoms. The molecular formula is C21H40O6S. The van der Waals surface area contributed by atoms with Gasteiger partial charge in [0.2, 0.25) is 0 Å². The van der Waals surface area contributed by atoms with Crippen LogP contribution < -0.4 is 0 Å². The van der Waals surface area contributed by atoms with Crippen LogP contribution in [-0.4, -0.2) is 45.1 Å². The summed E-state index contributed by atoms with van der Waals surface area (Å²) in [4.78, 5) is 24.5. The Kier molecular flexibility index (Phi) is 14.2. The molecule has 0 aromatic carbocycles. The maximum atomic E-state index is 12.3. The van der Waals surface area contributed by atoms with E-state index in [0.717, 1.165) is 57.6 Å². The number of carbonyl (C=O) groups excluding carboxylic acids is 2. The minimum atomic E-state index is -3.76. The Balaban J connectivity index is 4.73. The van der Waals surface area contributed by atoms with E-state index in [4.69, 9.17) is 9.47 Å². The Hall–Kier alpha value is -1.11. The second-order valence-corrected chi connectivity index (χ2v) is 9.90. The molecule has 0 aliphatic heterocycles. The third kappa shape index (κ3) is 11.7. The highest BCUT2D eigenvalue weighted by molar-refractivity contribution is 7.92. The van der Waals surface area contributed by atoms with Gasteiger partial charge in [-0.3, -0.25) is 9.59 Å². The predicted molar refractivity (Wildman–Crippen MR) is 112 cm³/mol. The van der Waals surface area contributed by atoms with Gasteiger partial charge in [0.15, 0.2) is 15.1 Å². The Morgan fingerprint density at radius 3 is 1.68 bits per heavy atom. The number of ether oxygens (including phenoxy) is 2. The van der Waals surface area contributed by atoms with Crippen molar-refractivity contribution in [3.05, 3.63) is 0 Å². The van der Waals surface area contributed by atoms with Crippen LogP contribution in [-0.2, 0) is 28.9 Å². The zero-order valence-electron chi connectivity index (χ0n) is 18.4. The number of rotatable bonds is 16. The molecule has 166 valence electrons. The van der Waals surface area contributed by atoms with Gasteiger partial charge in [-0.25, -0.2) is 8.42 Å². The zero-order valence-corrected chi connectivity index (χ0v) is 19.2. The molecule has 0 aliphatic carbocycles. The molecule has 0 fully saturated rings. The summed E-state index contributed by atoms with van der Waals surface area (Å²) in [6.45, 7) is 8.69. The number of hydrogen-bond acceptors (Lipinski definition) is 6. The largest absolute Gasteiger partial charge is 0.465 e. The second kappa shape index (κ2) is 14.8. The molecule has 6 nitrogen and oxygen atoms in total. The summed E-state index contributed by atoms with van der Waals surface area (Å²) in [5.74, 6) is -1.05. The second-order valence-electron chi connectivity index (χ2n) is 7.67. The van der Waals surface area contributed by atoms with E-state index >= 15 is 0 Å². The van der Waals surface area contributed by atoms with Crippen LogP contribution in [0.3, 0.4) is 0 Å².